The van der Waals surface area contributed by atoms with Crippen molar-refractivity contribution in [2.45, 2.75) is 6.10 Å². The Morgan fingerprint density at radius 3 is 2.25 bits per heavy atom. The molecule has 0 aromatic carbocycles. The SMILES string of the molecule is [CH2]C(OC)C([CH]C(=O)O)C(=O)O. The number of ether oxygens (including phenoxy) is 1. The van der Waals surface area contributed by atoms with Gasteiger partial charge in [-0.05, 0) is 6.92 Å². The fourth-order valence-corrected chi connectivity index (χ4v) is 0.638. The molecule has 0 amide bonds. The van der Waals surface area contributed by atoms with Crippen LogP contribution in [0.15, 0.2) is 0 Å². The van der Waals surface area contributed by atoms with Crippen molar-refractivity contribution in [3.05, 3.63) is 13.3 Å². The number of carboxylic acids is 2. The summed E-state index contributed by atoms with van der Waals surface area (Å²) in [5.41, 5.74) is 0. The maximum absolute atomic E-state index is 10.4. The molecule has 2 N–H and O–H groups in total. The number of methoxy groups -OCH3 is 1. The van der Waals surface area contributed by atoms with Crippen molar-refractivity contribution in [1.82, 2.24) is 0 Å². The molecule has 0 aromatic heterocycles. The van der Waals surface area contributed by atoms with E-state index in [0.29, 0.717) is 6.42 Å². The number of hydrogen-bond donors (Lipinski definition) is 2. The van der Waals surface area contributed by atoms with E-state index in [1.54, 1.807) is 0 Å². The van der Waals surface area contributed by atoms with Crippen molar-refractivity contribution < 1.29 is 24.5 Å². The predicted octanol–water partition coefficient (Wildman–Crippen LogP) is -0.175. The second kappa shape index (κ2) is 4.71. The van der Waals surface area contributed by atoms with Crippen LogP contribution < -0.4 is 0 Å². The maximum atomic E-state index is 10.4. The summed E-state index contributed by atoms with van der Waals surface area (Å²) < 4.78 is 4.59. The molecule has 0 aromatic rings. The van der Waals surface area contributed by atoms with Gasteiger partial charge in [0.25, 0.3) is 0 Å². The molecule has 0 aliphatic heterocycles. The van der Waals surface area contributed by atoms with Crippen molar-refractivity contribution in [1.29, 1.82) is 0 Å². The lowest BCUT2D eigenvalue weighted by Gasteiger charge is -2.15. The van der Waals surface area contributed by atoms with Gasteiger partial charge in [0.05, 0.1) is 18.4 Å². The first-order valence-corrected chi connectivity index (χ1v) is 3.15. The van der Waals surface area contributed by atoms with E-state index in [0.717, 1.165) is 0 Å². The highest BCUT2D eigenvalue weighted by Gasteiger charge is 2.27. The van der Waals surface area contributed by atoms with Gasteiger partial charge in [0, 0.05) is 7.11 Å². The second-order valence-corrected chi connectivity index (χ2v) is 2.14. The van der Waals surface area contributed by atoms with Gasteiger partial charge in [-0.1, -0.05) is 0 Å². The Bertz CT molecular complexity index is 177. The van der Waals surface area contributed by atoms with Gasteiger partial charge in [-0.2, -0.15) is 0 Å². The zero-order valence-corrected chi connectivity index (χ0v) is 6.56. The molecule has 12 heavy (non-hydrogen) atoms. The van der Waals surface area contributed by atoms with E-state index in [4.69, 9.17) is 10.2 Å². The van der Waals surface area contributed by atoms with Crippen molar-refractivity contribution in [3.8, 4) is 0 Å². The van der Waals surface area contributed by atoms with Crippen molar-refractivity contribution in [3.63, 3.8) is 0 Å². The molecular weight excluding hydrogens is 164 g/mol. The van der Waals surface area contributed by atoms with E-state index in [-0.39, 0.29) is 0 Å². The fraction of sp³-hybridized carbons (Fsp3) is 0.429. The molecule has 0 bridgehead atoms. The molecule has 5 heteroatoms. The van der Waals surface area contributed by atoms with Crippen LogP contribution in [0.25, 0.3) is 0 Å². The molecule has 5 nitrogen and oxygen atoms in total. The quantitative estimate of drug-likeness (QED) is 0.604. The van der Waals surface area contributed by atoms with Gasteiger partial charge in [-0.15, -0.1) is 0 Å². The number of carboxylic acid groups (broad SMARTS) is 2. The van der Waals surface area contributed by atoms with E-state index in [9.17, 15) is 9.59 Å². The maximum Gasteiger partial charge on any atom is 0.310 e. The van der Waals surface area contributed by atoms with Gasteiger partial charge in [0.1, 0.15) is 0 Å². The first kappa shape index (κ1) is 10.9. The number of hydrogen-bond acceptors (Lipinski definition) is 3. The van der Waals surface area contributed by atoms with Crippen LogP contribution in [0.3, 0.4) is 0 Å². The minimum atomic E-state index is -1.30. The average Bonchev–Trinajstić information content (AvgIpc) is 1.98. The van der Waals surface area contributed by atoms with Gasteiger partial charge < -0.3 is 14.9 Å². The summed E-state index contributed by atoms with van der Waals surface area (Å²) in [6.07, 6.45) is -0.248. The highest BCUT2D eigenvalue weighted by atomic mass is 16.5. The normalized spacial score (nSPS) is 15.2. The summed E-state index contributed by atoms with van der Waals surface area (Å²) in [5, 5.41) is 16.8. The van der Waals surface area contributed by atoms with E-state index in [1.165, 1.54) is 7.11 Å². The molecule has 0 spiro atoms. The summed E-state index contributed by atoms with van der Waals surface area (Å²) in [5.74, 6) is -3.78. The Balaban J connectivity index is 4.22. The topological polar surface area (TPSA) is 83.8 Å². The molecule has 2 atom stereocenters. The van der Waals surface area contributed by atoms with Crippen LogP contribution in [0.1, 0.15) is 0 Å². The summed E-state index contributed by atoms with van der Waals surface area (Å²) in [6, 6.07) is 0. The van der Waals surface area contributed by atoms with E-state index in [1.807, 2.05) is 0 Å². The Hall–Kier alpha value is -1.10. The Kier molecular flexibility index (Phi) is 4.28. The lowest BCUT2D eigenvalue weighted by molar-refractivity contribution is -0.147. The van der Waals surface area contributed by atoms with Crippen molar-refractivity contribution in [2.24, 2.45) is 5.92 Å². The summed E-state index contributed by atoms with van der Waals surface area (Å²) in [7, 11) is 1.27. The Morgan fingerprint density at radius 2 is 2.00 bits per heavy atom. The third-order valence-electron chi connectivity index (χ3n) is 1.31. The number of aliphatic carboxylic acids is 2. The van der Waals surface area contributed by atoms with E-state index in [2.05, 4.69) is 11.7 Å². The zero-order chi connectivity index (χ0) is 9.72. The van der Waals surface area contributed by atoms with Crippen LogP contribution >= 0.6 is 0 Å². The summed E-state index contributed by atoms with van der Waals surface area (Å²) in [4.78, 5) is 20.6. The van der Waals surface area contributed by atoms with Crippen LogP contribution in [-0.2, 0) is 14.3 Å². The minimum absolute atomic E-state index is 0.642. The van der Waals surface area contributed by atoms with Crippen LogP contribution in [0.2, 0.25) is 0 Å². The standard InChI is InChI=1S/C7H10O5/c1-4(12-2)5(7(10)11)3-6(8)9/h3-5H,1H2,2H3,(H,8,9)(H,10,11). The smallest absolute Gasteiger partial charge is 0.310 e. The van der Waals surface area contributed by atoms with Gasteiger partial charge in [0.2, 0.25) is 0 Å². The highest BCUT2D eigenvalue weighted by Crippen LogP contribution is 2.10. The molecule has 0 aliphatic rings. The highest BCUT2D eigenvalue weighted by molar-refractivity contribution is 5.85. The monoisotopic (exact) mass is 174 g/mol. The molecular formula is C7H10O5. The molecule has 68 valence electrons. The van der Waals surface area contributed by atoms with Crippen molar-refractivity contribution in [2.75, 3.05) is 7.11 Å². The lowest BCUT2D eigenvalue weighted by Crippen LogP contribution is -2.30. The first-order valence-electron chi connectivity index (χ1n) is 3.15. The summed E-state index contributed by atoms with van der Waals surface area (Å²) in [6.45, 7) is 3.33. The van der Waals surface area contributed by atoms with Gasteiger partial charge in [-0.3, -0.25) is 9.59 Å². The molecule has 0 saturated heterocycles. The van der Waals surface area contributed by atoms with Crippen LogP contribution in [-0.4, -0.2) is 35.4 Å². The summed E-state index contributed by atoms with van der Waals surface area (Å²) >= 11 is 0. The zero-order valence-electron chi connectivity index (χ0n) is 6.56. The van der Waals surface area contributed by atoms with E-state index >= 15 is 0 Å². The van der Waals surface area contributed by atoms with Gasteiger partial charge in [0.15, 0.2) is 0 Å². The molecule has 2 radical (unpaired) electrons. The largest absolute Gasteiger partial charge is 0.481 e. The molecule has 0 aliphatic carbocycles. The lowest BCUT2D eigenvalue weighted by atomic mass is 10.0. The Morgan fingerprint density at radius 1 is 1.50 bits per heavy atom. The third-order valence-corrected chi connectivity index (χ3v) is 1.31. The molecule has 2 unspecified atom stereocenters. The van der Waals surface area contributed by atoms with Crippen molar-refractivity contribution >= 4 is 11.9 Å². The molecule has 0 heterocycles. The first-order chi connectivity index (χ1) is 5.49. The average molecular weight is 174 g/mol. The van der Waals surface area contributed by atoms with Gasteiger partial charge >= 0.3 is 11.9 Å². The van der Waals surface area contributed by atoms with Crippen LogP contribution in [0, 0.1) is 19.3 Å². The number of rotatable bonds is 5. The van der Waals surface area contributed by atoms with Crippen LogP contribution in [0.5, 0.6) is 0 Å². The third kappa shape index (κ3) is 3.34. The molecule has 0 fully saturated rings. The Labute approximate surface area is 70.0 Å². The van der Waals surface area contributed by atoms with E-state index < -0.39 is 24.0 Å². The van der Waals surface area contributed by atoms with Crippen LogP contribution in [0.4, 0.5) is 0 Å². The minimum Gasteiger partial charge on any atom is -0.481 e. The molecule has 0 rings (SSSR count). The second-order valence-electron chi connectivity index (χ2n) is 2.14. The fourth-order valence-electron chi connectivity index (χ4n) is 0.638. The predicted molar refractivity (Wildman–Crippen MR) is 39.2 cm³/mol. The number of carbonyl (C=O) groups is 2. The van der Waals surface area contributed by atoms with Gasteiger partial charge in [-0.25, -0.2) is 0 Å². The molecule has 0 saturated carbocycles.